The van der Waals surface area contributed by atoms with Crippen LogP contribution in [0.4, 0.5) is 0 Å². The van der Waals surface area contributed by atoms with Crippen molar-refractivity contribution in [3.05, 3.63) is 65.4 Å². The van der Waals surface area contributed by atoms with Gasteiger partial charge in [-0.05, 0) is 30.7 Å². The normalized spacial score (nSPS) is 12.3. The fourth-order valence-electron chi connectivity index (χ4n) is 2.68. The number of amides is 1. The van der Waals surface area contributed by atoms with Gasteiger partial charge in [-0.1, -0.05) is 41.9 Å². The minimum absolute atomic E-state index is 0.0214. The van der Waals surface area contributed by atoms with E-state index in [-0.39, 0.29) is 11.9 Å². The highest BCUT2D eigenvalue weighted by atomic mass is 35.5. The van der Waals surface area contributed by atoms with Gasteiger partial charge < -0.3 is 9.47 Å². The van der Waals surface area contributed by atoms with Crippen molar-refractivity contribution in [1.29, 1.82) is 0 Å². The van der Waals surface area contributed by atoms with Gasteiger partial charge in [0.2, 0.25) is 5.91 Å². The van der Waals surface area contributed by atoms with E-state index < -0.39 is 0 Å². The summed E-state index contributed by atoms with van der Waals surface area (Å²) in [5, 5.41) is 0.674. The second-order valence-electron chi connectivity index (χ2n) is 5.60. The lowest BCUT2D eigenvalue weighted by Gasteiger charge is -2.23. The average molecular weight is 328 g/mol. The third-order valence-electron chi connectivity index (χ3n) is 4.00. The Morgan fingerprint density at radius 2 is 1.91 bits per heavy atom. The van der Waals surface area contributed by atoms with Gasteiger partial charge in [-0.15, -0.1) is 0 Å². The number of hydrogen-bond donors (Lipinski definition) is 0. The third kappa shape index (κ3) is 3.08. The molecule has 1 aromatic heterocycles. The number of likely N-dealkylation sites (N-methyl/N-ethyl adjacent to an activating group) is 1. The first-order valence-corrected chi connectivity index (χ1v) is 7.85. The summed E-state index contributed by atoms with van der Waals surface area (Å²) in [5.74, 6) is 0.0214. The molecule has 0 aliphatic heterocycles. The molecule has 0 aliphatic carbocycles. The molecule has 0 spiro atoms. The minimum atomic E-state index is -0.324. The lowest BCUT2D eigenvalue weighted by molar-refractivity contribution is -0.133. The molecule has 3 rings (SSSR count). The molecule has 23 heavy (non-hydrogen) atoms. The summed E-state index contributed by atoms with van der Waals surface area (Å²) in [7, 11) is 1.79. The lowest BCUT2D eigenvalue weighted by Crippen LogP contribution is -2.32. The Bertz CT molecular complexity index is 843. The van der Waals surface area contributed by atoms with Crippen LogP contribution in [0.2, 0.25) is 5.02 Å². The van der Waals surface area contributed by atoms with Crippen molar-refractivity contribution in [1.82, 2.24) is 14.5 Å². The average Bonchev–Trinajstić information content (AvgIpc) is 2.99. The molecule has 118 valence electrons. The molecule has 0 radical (unpaired) electrons. The predicted molar refractivity (Wildman–Crippen MR) is 92.4 cm³/mol. The molecule has 0 saturated heterocycles. The molecule has 1 amide bonds. The first-order valence-electron chi connectivity index (χ1n) is 7.48. The summed E-state index contributed by atoms with van der Waals surface area (Å²) >= 11 is 6.18. The number of imidazole rings is 1. The van der Waals surface area contributed by atoms with Crippen molar-refractivity contribution in [2.75, 3.05) is 7.05 Å². The summed E-state index contributed by atoms with van der Waals surface area (Å²) in [6, 6.07) is 15.1. The number of aromatic nitrogens is 2. The van der Waals surface area contributed by atoms with Gasteiger partial charge in [0.1, 0.15) is 6.04 Å². The highest BCUT2D eigenvalue weighted by Gasteiger charge is 2.21. The number of para-hydroxylation sites is 2. The van der Waals surface area contributed by atoms with Crippen LogP contribution in [0.5, 0.6) is 0 Å². The van der Waals surface area contributed by atoms with Gasteiger partial charge in [0.15, 0.2) is 0 Å². The van der Waals surface area contributed by atoms with Crippen molar-refractivity contribution < 1.29 is 4.79 Å². The van der Waals surface area contributed by atoms with Gasteiger partial charge in [0.05, 0.1) is 17.4 Å². The van der Waals surface area contributed by atoms with E-state index in [9.17, 15) is 4.79 Å². The molecule has 0 saturated carbocycles. The quantitative estimate of drug-likeness (QED) is 0.728. The van der Waals surface area contributed by atoms with Crippen LogP contribution in [0.1, 0.15) is 18.5 Å². The number of carbonyl (C=O) groups excluding carboxylic acids is 1. The summed E-state index contributed by atoms with van der Waals surface area (Å²) < 4.78 is 1.90. The molecule has 1 unspecified atom stereocenters. The fraction of sp³-hybridized carbons (Fsp3) is 0.222. The Morgan fingerprint density at radius 1 is 1.22 bits per heavy atom. The van der Waals surface area contributed by atoms with E-state index in [0.717, 1.165) is 16.6 Å². The van der Waals surface area contributed by atoms with Gasteiger partial charge in [0, 0.05) is 18.6 Å². The number of halogens is 1. The Hall–Kier alpha value is -2.33. The Morgan fingerprint density at radius 3 is 2.70 bits per heavy atom. The van der Waals surface area contributed by atoms with Crippen LogP contribution in [-0.4, -0.2) is 27.4 Å². The largest absolute Gasteiger partial charge is 0.340 e. The second-order valence-corrected chi connectivity index (χ2v) is 6.01. The number of carbonyl (C=O) groups is 1. The highest BCUT2D eigenvalue weighted by Crippen LogP contribution is 2.21. The molecule has 1 atom stereocenters. The molecule has 0 aliphatic rings. The van der Waals surface area contributed by atoms with E-state index in [1.165, 1.54) is 0 Å². The number of rotatable bonds is 4. The van der Waals surface area contributed by atoms with E-state index in [1.54, 1.807) is 18.3 Å². The van der Waals surface area contributed by atoms with Crippen molar-refractivity contribution in [3.63, 3.8) is 0 Å². The molecule has 2 aromatic carbocycles. The summed E-state index contributed by atoms with van der Waals surface area (Å²) in [6.45, 7) is 2.37. The Labute approximate surface area is 140 Å². The highest BCUT2D eigenvalue weighted by molar-refractivity contribution is 6.31. The van der Waals surface area contributed by atoms with Gasteiger partial charge in [-0.2, -0.15) is 0 Å². The lowest BCUT2D eigenvalue weighted by atomic mass is 10.2. The molecule has 0 fully saturated rings. The van der Waals surface area contributed by atoms with Crippen molar-refractivity contribution in [3.8, 4) is 0 Å². The summed E-state index contributed by atoms with van der Waals surface area (Å²) in [6.07, 6.45) is 1.72. The SMILES string of the molecule is CC(C(=O)N(C)Cc1ccccc1Cl)n1cnc2ccccc21. The maximum atomic E-state index is 12.7. The van der Waals surface area contributed by atoms with Crippen LogP contribution in [0, 0.1) is 0 Å². The predicted octanol–water partition coefficient (Wildman–Crippen LogP) is 3.91. The van der Waals surface area contributed by atoms with Crippen LogP contribution < -0.4 is 0 Å². The zero-order chi connectivity index (χ0) is 16.4. The van der Waals surface area contributed by atoms with Gasteiger partial charge in [-0.25, -0.2) is 4.98 Å². The molecular formula is C18H18ClN3O. The summed E-state index contributed by atoms with van der Waals surface area (Å²) in [4.78, 5) is 18.8. The maximum Gasteiger partial charge on any atom is 0.245 e. The zero-order valence-electron chi connectivity index (χ0n) is 13.1. The first-order chi connectivity index (χ1) is 11.1. The smallest absolute Gasteiger partial charge is 0.245 e. The van der Waals surface area contributed by atoms with Crippen molar-refractivity contribution >= 4 is 28.5 Å². The van der Waals surface area contributed by atoms with Gasteiger partial charge >= 0.3 is 0 Å². The van der Waals surface area contributed by atoms with Crippen molar-refractivity contribution in [2.24, 2.45) is 0 Å². The topological polar surface area (TPSA) is 38.1 Å². The standard InChI is InChI=1S/C18H18ClN3O/c1-13(22-12-20-16-9-5-6-10-17(16)22)18(23)21(2)11-14-7-3-4-8-15(14)19/h3-10,12-13H,11H2,1-2H3. The van der Waals surface area contributed by atoms with E-state index in [0.29, 0.717) is 11.6 Å². The van der Waals surface area contributed by atoms with E-state index in [4.69, 9.17) is 11.6 Å². The monoisotopic (exact) mass is 327 g/mol. The Balaban J connectivity index is 1.80. The van der Waals surface area contributed by atoms with Crippen LogP contribution in [0.15, 0.2) is 54.9 Å². The minimum Gasteiger partial charge on any atom is -0.340 e. The summed E-state index contributed by atoms with van der Waals surface area (Å²) in [5.41, 5.74) is 2.79. The number of hydrogen-bond acceptors (Lipinski definition) is 2. The van der Waals surface area contributed by atoms with Gasteiger partial charge in [0.25, 0.3) is 0 Å². The molecule has 0 bridgehead atoms. The molecule has 0 N–H and O–H groups in total. The second kappa shape index (κ2) is 6.42. The van der Waals surface area contributed by atoms with Crippen LogP contribution in [0.3, 0.4) is 0 Å². The van der Waals surface area contributed by atoms with Gasteiger partial charge in [-0.3, -0.25) is 4.79 Å². The Kier molecular flexibility index (Phi) is 4.35. The van der Waals surface area contributed by atoms with E-state index in [2.05, 4.69) is 4.98 Å². The molecule has 5 heteroatoms. The maximum absolute atomic E-state index is 12.7. The van der Waals surface area contributed by atoms with Crippen molar-refractivity contribution in [2.45, 2.75) is 19.5 Å². The zero-order valence-corrected chi connectivity index (χ0v) is 13.9. The first kappa shape index (κ1) is 15.6. The molecule has 4 nitrogen and oxygen atoms in total. The third-order valence-corrected chi connectivity index (χ3v) is 4.37. The molecule has 3 aromatic rings. The molecule has 1 heterocycles. The number of nitrogens with zero attached hydrogens (tertiary/aromatic N) is 3. The van der Waals surface area contributed by atoms with Crippen LogP contribution >= 0.6 is 11.6 Å². The van der Waals surface area contributed by atoms with Crippen LogP contribution in [0.25, 0.3) is 11.0 Å². The number of benzene rings is 2. The van der Waals surface area contributed by atoms with E-state index in [1.807, 2.05) is 60.0 Å². The van der Waals surface area contributed by atoms with Crippen LogP contribution in [-0.2, 0) is 11.3 Å². The molecular weight excluding hydrogens is 310 g/mol. The van der Waals surface area contributed by atoms with E-state index >= 15 is 0 Å². The number of fused-ring (bicyclic) bond motifs is 1. The fourth-order valence-corrected chi connectivity index (χ4v) is 2.88.